The van der Waals surface area contributed by atoms with Gasteiger partial charge in [0, 0.05) is 0 Å². The zero-order valence-electron chi connectivity index (χ0n) is 75.3. The first-order valence-corrected chi connectivity index (χ1v) is 41.6. The molecule has 16 aromatic carbocycles. The largest absolute Gasteiger partial charge is 0.0683 e. The Bertz CT molecular complexity index is 4040. The third-order valence-electron chi connectivity index (χ3n) is 15.3. The van der Waals surface area contributed by atoms with E-state index in [1.54, 1.807) is 0 Å². The fourth-order valence-electron chi connectivity index (χ4n) is 9.67. The van der Waals surface area contributed by atoms with Crippen molar-refractivity contribution in [2.45, 2.75) is 180 Å². The molecule has 0 spiro atoms. The number of hydrogen-bond donors (Lipinski definition) is 0. The molecule has 0 aliphatic heterocycles. The summed E-state index contributed by atoms with van der Waals surface area (Å²) in [4.78, 5) is 0. The molecule has 0 saturated carbocycles. The van der Waals surface area contributed by atoms with Gasteiger partial charge in [0.2, 0.25) is 0 Å². The Balaban J connectivity index is -0.00000117. The Hall–Kier alpha value is -11.4. The van der Waals surface area contributed by atoms with Gasteiger partial charge < -0.3 is 0 Å². The zero-order valence-corrected chi connectivity index (χ0v) is 75.3. The van der Waals surface area contributed by atoms with Crippen LogP contribution in [-0.4, -0.2) is 0 Å². The zero-order chi connectivity index (χ0) is 85.6. The molecule has 602 valence electrons. The number of benzene rings is 16. The molecule has 0 aliphatic carbocycles. The molecule has 0 aromatic heterocycles. The van der Waals surface area contributed by atoms with E-state index in [-0.39, 0.29) is 0 Å². The van der Waals surface area contributed by atoms with E-state index in [2.05, 4.69) is 350 Å². The highest BCUT2D eigenvalue weighted by molar-refractivity contribution is 5.86. The lowest BCUT2D eigenvalue weighted by molar-refractivity contribution is 1.48. The molecular weight excluding hydrogens is 1370 g/mol. The number of aryl methyl sites for hydroxylation is 12. The summed E-state index contributed by atoms with van der Waals surface area (Å²) in [6.45, 7) is 53.2. The Labute approximate surface area is 697 Å². The van der Waals surface area contributed by atoms with Gasteiger partial charge >= 0.3 is 0 Å². The SMILES string of the molecule is CC.CC.CC.CC.CC.CC.CC.Cc1ccc2ccccc2c1.Cc1ccc2ccccc2c1.Cc1cccc2ccccc12.Cc1cccc2ccccc12.Cc1ccccc1.Cc1ccccc1.Cc1ccccc1.Cc1ccccc1.Cc1ccccc1.Cc1ccccc1.Cc1ccccc1.Cc1ccccc1. The van der Waals surface area contributed by atoms with E-state index in [9.17, 15) is 0 Å². The lowest BCUT2D eigenvalue weighted by atomic mass is 10.1. The molecule has 0 fully saturated rings. The Morgan fingerprint density at radius 3 is 0.421 bits per heavy atom. The van der Waals surface area contributed by atoms with Crippen LogP contribution < -0.4 is 0 Å². The molecule has 0 amide bonds. The summed E-state index contributed by atoms with van der Waals surface area (Å²) in [5, 5.41) is 10.7. The Morgan fingerprint density at radius 1 is 0.105 bits per heavy atom. The van der Waals surface area contributed by atoms with Crippen molar-refractivity contribution in [2.24, 2.45) is 0 Å². The molecule has 0 saturated heterocycles. The topological polar surface area (TPSA) is 0 Å². The summed E-state index contributed by atoms with van der Waals surface area (Å²) in [5.41, 5.74) is 15.9. The van der Waals surface area contributed by atoms with Crippen LogP contribution in [0.1, 0.15) is 164 Å². The molecule has 16 rings (SSSR count). The quantitative estimate of drug-likeness (QED) is 0.142. The van der Waals surface area contributed by atoms with Crippen molar-refractivity contribution in [3.8, 4) is 0 Å². The fraction of sp³-hybridized carbons (Fsp3) is 0.228. The minimum atomic E-state index is 1.32. The number of hydrogen-bond acceptors (Lipinski definition) is 0. The molecule has 0 radical (unpaired) electrons. The van der Waals surface area contributed by atoms with Gasteiger partial charge in [0.05, 0.1) is 0 Å². The van der Waals surface area contributed by atoms with Crippen LogP contribution in [0.4, 0.5) is 0 Å². The van der Waals surface area contributed by atoms with E-state index >= 15 is 0 Å². The van der Waals surface area contributed by atoms with E-state index in [1.807, 2.05) is 243 Å². The fourth-order valence-corrected chi connectivity index (χ4v) is 9.67. The number of rotatable bonds is 0. The first-order chi connectivity index (χ1) is 55.6. The first kappa shape index (κ1) is 107. The van der Waals surface area contributed by atoms with Crippen LogP contribution in [-0.2, 0) is 0 Å². The van der Waals surface area contributed by atoms with E-state index < -0.39 is 0 Å². The van der Waals surface area contributed by atoms with Crippen LogP contribution in [0.25, 0.3) is 43.1 Å². The van der Waals surface area contributed by atoms with Crippen molar-refractivity contribution in [3.05, 3.63) is 479 Å². The van der Waals surface area contributed by atoms with Crippen LogP contribution in [0.2, 0.25) is 0 Å². The van der Waals surface area contributed by atoms with Crippen LogP contribution in [0.3, 0.4) is 0 Å². The van der Waals surface area contributed by atoms with Gasteiger partial charge in [-0.2, -0.15) is 0 Å². The van der Waals surface area contributed by atoms with Crippen molar-refractivity contribution < 1.29 is 0 Å². The normalized spacial score (nSPS) is 8.61. The number of fused-ring (bicyclic) bond motifs is 4. The lowest BCUT2D eigenvalue weighted by Crippen LogP contribution is -1.75. The lowest BCUT2D eigenvalue weighted by Gasteiger charge is -1.98. The standard InChI is InChI=1S/4C11H10.8C7H8.7C2H6/c2*1-9-5-4-7-10-6-2-3-8-11(9)10;2*1-9-6-7-10-4-2-3-5-11(10)8-9;8*1-7-5-3-2-4-6-7;7*1-2/h4*2-8H,1H3;8*2-6H,1H3;7*1-2H3. The van der Waals surface area contributed by atoms with Gasteiger partial charge in [-0.15, -0.1) is 0 Å². The highest BCUT2D eigenvalue weighted by Crippen LogP contribution is 2.19. The van der Waals surface area contributed by atoms with Crippen LogP contribution in [0.15, 0.2) is 413 Å². The first-order valence-electron chi connectivity index (χ1n) is 41.6. The molecule has 0 atom stereocenters. The van der Waals surface area contributed by atoms with Crippen molar-refractivity contribution in [3.63, 3.8) is 0 Å². The van der Waals surface area contributed by atoms with E-state index in [1.165, 1.54) is 110 Å². The third-order valence-corrected chi connectivity index (χ3v) is 15.3. The predicted octanol–water partition coefficient (Wildman–Crippen LogP) is 35.7. The summed E-state index contributed by atoms with van der Waals surface area (Å²) in [6.07, 6.45) is 0. The van der Waals surface area contributed by atoms with Gasteiger partial charge in [-0.3, -0.25) is 0 Å². The van der Waals surface area contributed by atoms with Gasteiger partial charge in [0.1, 0.15) is 0 Å². The van der Waals surface area contributed by atoms with Gasteiger partial charge in [0.15, 0.2) is 0 Å². The van der Waals surface area contributed by atoms with Gasteiger partial charge in [-0.1, -0.05) is 565 Å². The second-order valence-corrected chi connectivity index (χ2v) is 24.5. The monoisotopic (exact) mass is 1520 g/mol. The maximum atomic E-state index is 2.20. The van der Waals surface area contributed by atoms with Gasteiger partial charge in [-0.25, -0.2) is 0 Å². The average molecular weight is 1520 g/mol. The molecule has 0 unspecified atom stereocenters. The Kier molecular flexibility index (Phi) is 70.8. The highest BCUT2D eigenvalue weighted by atomic mass is 14.0. The maximum absolute atomic E-state index is 2.20. The summed E-state index contributed by atoms with van der Waals surface area (Å²) in [7, 11) is 0. The molecule has 0 aliphatic rings. The second-order valence-electron chi connectivity index (χ2n) is 24.5. The summed E-state index contributed by atoms with van der Waals surface area (Å²) in [5.74, 6) is 0. The van der Waals surface area contributed by atoms with Crippen LogP contribution >= 0.6 is 0 Å². The molecule has 0 N–H and O–H groups in total. The third kappa shape index (κ3) is 55.1. The maximum Gasteiger partial charge on any atom is -0.0155 e. The molecule has 0 heteroatoms. The second kappa shape index (κ2) is 75.6. The van der Waals surface area contributed by atoms with Crippen LogP contribution in [0, 0.1) is 83.1 Å². The average Bonchev–Trinajstić information content (AvgIpc) is 0.841. The molecular formula is C114H146. The molecule has 114 heavy (non-hydrogen) atoms. The van der Waals surface area contributed by atoms with Gasteiger partial charge in [0.25, 0.3) is 0 Å². The molecule has 16 aromatic rings. The smallest absolute Gasteiger partial charge is 0.0155 e. The van der Waals surface area contributed by atoms with Crippen LogP contribution in [0.5, 0.6) is 0 Å². The van der Waals surface area contributed by atoms with E-state index in [0.717, 1.165) is 0 Å². The van der Waals surface area contributed by atoms with Gasteiger partial charge in [-0.05, 0) is 137 Å². The predicted molar refractivity (Wildman–Crippen MR) is 524 cm³/mol. The van der Waals surface area contributed by atoms with Crippen molar-refractivity contribution in [1.82, 2.24) is 0 Å². The summed E-state index contributed by atoms with van der Waals surface area (Å²) in [6, 6.07) is 142. The van der Waals surface area contributed by atoms with Crippen molar-refractivity contribution >= 4 is 43.1 Å². The highest BCUT2D eigenvalue weighted by Gasteiger charge is 1.95. The van der Waals surface area contributed by atoms with E-state index in [0.29, 0.717) is 0 Å². The van der Waals surface area contributed by atoms with Crippen molar-refractivity contribution in [2.75, 3.05) is 0 Å². The van der Waals surface area contributed by atoms with Crippen molar-refractivity contribution in [1.29, 1.82) is 0 Å². The minimum Gasteiger partial charge on any atom is -0.0683 e. The summed E-state index contributed by atoms with van der Waals surface area (Å²) < 4.78 is 0. The molecule has 0 nitrogen and oxygen atoms in total. The summed E-state index contributed by atoms with van der Waals surface area (Å²) >= 11 is 0. The molecule has 0 heterocycles. The Morgan fingerprint density at radius 2 is 0.254 bits per heavy atom. The minimum absolute atomic E-state index is 1.32. The molecule has 0 bridgehead atoms. The van der Waals surface area contributed by atoms with E-state index in [4.69, 9.17) is 0 Å².